The van der Waals surface area contributed by atoms with Crippen molar-refractivity contribution < 1.29 is 9.32 Å². The lowest BCUT2D eigenvalue weighted by Crippen LogP contribution is -2.29. The third-order valence-electron chi connectivity index (χ3n) is 3.81. The molecule has 2 heterocycles. The van der Waals surface area contributed by atoms with Crippen molar-refractivity contribution in [1.29, 1.82) is 0 Å². The molecule has 0 atom stereocenters. The quantitative estimate of drug-likeness (QED) is 0.664. The van der Waals surface area contributed by atoms with Crippen LogP contribution < -0.4 is 10.6 Å². The van der Waals surface area contributed by atoms with Crippen LogP contribution in [0, 0.1) is 13.8 Å². The molecule has 0 saturated carbocycles. The monoisotopic (exact) mass is 341 g/mol. The number of urea groups is 1. The van der Waals surface area contributed by atoms with Crippen LogP contribution >= 0.6 is 0 Å². The predicted molar refractivity (Wildman–Crippen MR) is 90.5 cm³/mol. The van der Waals surface area contributed by atoms with Crippen molar-refractivity contribution in [3.05, 3.63) is 47.6 Å². The minimum absolute atomic E-state index is 0.242. The van der Waals surface area contributed by atoms with E-state index in [4.69, 9.17) is 4.52 Å². The molecule has 3 rings (SSSR count). The molecule has 9 nitrogen and oxygen atoms in total. The Labute approximate surface area is 144 Å². The van der Waals surface area contributed by atoms with Gasteiger partial charge in [0, 0.05) is 17.8 Å². The molecule has 25 heavy (non-hydrogen) atoms. The van der Waals surface area contributed by atoms with Crippen molar-refractivity contribution in [2.45, 2.75) is 26.7 Å². The zero-order valence-corrected chi connectivity index (χ0v) is 14.1. The van der Waals surface area contributed by atoms with Crippen LogP contribution in [0.3, 0.4) is 0 Å². The number of rotatable bonds is 6. The van der Waals surface area contributed by atoms with E-state index in [1.165, 1.54) is 6.33 Å². The number of anilines is 1. The molecule has 3 aromatic rings. The Bertz CT molecular complexity index is 805. The van der Waals surface area contributed by atoms with Crippen molar-refractivity contribution in [3.63, 3.8) is 0 Å². The van der Waals surface area contributed by atoms with Gasteiger partial charge in [-0.05, 0) is 61.4 Å². The Balaban J connectivity index is 1.43. The average Bonchev–Trinajstić information content (AvgIpc) is 3.24. The fraction of sp³-hybridized carbons (Fsp3) is 0.312. The second-order valence-corrected chi connectivity index (χ2v) is 5.59. The van der Waals surface area contributed by atoms with Crippen LogP contribution in [0.5, 0.6) is 0 Å². The molecule has 1 aromatic carbocycles. The summed E-state index contributed by atoms with van der Waals surface area (Å²) >= 11 is 0. The minimum Gasteiger partial charge on any atom is -0.361 e. The van der Waals surface area contributed by atoms with Crippen molar-refractivity contribution in [1.82, 2.24) is 30.7 Å². The summed E-state index contributed by atoms with van der Waals surface area (Å²) < 4.78 is 6.67. The van der Waals surface area contributed by atoms with E-state index in [1.807, 2.05) is 26.0 Å². The molecule has 9 heteroatoms. The van der Waals surface area contributed by atoms with Gasteiger partial charge in [0.2, 0.25) is 0 Å². The van der Waals surface area contributed by atoms with Gasteiger partial charge in [-0.3, -0.25) is 0 Å². The highest BCUT2D eigenvalue weighted by molar-refractivity contribution is 5.89. The highest BCUT2D eigenvalue weighted by Crippen LogP contribution is 2.14. The molecular weight excluding hydrogens is 322 g/mol. The van der Waals surface area contributed by atoms with Crippen LogP contribution in [0.2, 0.25) is 0 Å². The minimum atomic E-state index is -0.242. The fourth-order valence-electron chi connectivity index (χ4n) is 2.48. The maximum absolute atomic E-state index is 11.9. The number of tetrazole rings is 1. The van der Waals surface area contributed by atoms with Crippen molar-refractivity contribution in [3.8, 4) is 5.69 Å². The van der Waals surface area contributed by atoms with Crippen LogP contribution in [0.25, 0.3) is 5.69 Å². The molecule has 0 bridgehead atoms. The largest absolute Gasteiger partial charge is 0.361 e. The second kappa shape index (κ2) is 7.56. The zero-order valence-electron chi connectivity index (χ0n) is 14.1. The van der Waals surface area contributed by atoms with E-state index < -0.39 is 0 Å². The van der Waals surface area contributed by atoms with E-state index in [9.17, 15) is 4.79 Å². The van der Waals surface area contributed by atoms with Crippen LogP contribution in [-0.4, -0.2) is 37.9 Å². The molecular formula is C16H19N7O2. The number of carbonyl (C=O) groups excluding carboxylic acids is 1. The molecule has 0 aliphatic carbocycles. The van der Waals surface area contributed by atoms with Crippen molar-refractivity contribution in [2.24, 2.45) is 0 Å². The van der Waals surface area contributed by atoms with Crippen LogP contribution in [-0.2, 0) is 6.42 Å². The number of aryl methyl sites for hydroxylation is 2. The first-order valence-electron chi connectivity index (χ1n) is 7.93. The summed E-state index contributed by atoms with van der Waals surface area (Å²) in [7, 11) is 0. The molecule has 0 unspecified atom stereocenters. The first-order chi connectivity index (χ1) is 12.1. The lowest BCUT2D eigenvalue weighted by atomic mass is 10.1. The summed E-state index contributed by atoms with van der Waals surface area (Å²) in [6.07, 6.45) is 3.14. The summed E-state index contributed by atoms with van der Waals surface area (Å²) in [6, 6.07) is 6.99. The molecule has 0 spiro atoms. The number of hydrogen-bond acceptors (Lipinski definition) is 6. The van der Waals surface area contributed by atoms with Gasteiger partial charge >= 0.3 is 6.03 Å². The van der Waals surface area contributed by atoms with Gasteiger partial charge in [0.05, 0.1) is 11.4 Å². The molecule has 0 fully saturated rings. The summed E-state index contributed by atoms with van der Waals surface area (Å²) in [5, 5.41) is 20.5. The van der Waals surface area contributed by atoms with E-state index >= 15 is 0 Å². The topological polar surface area (TPSA) is 111 Å². The maximum Gasteiger partial charge on any atom is 0.319 e. The number of amides is 2. The highest BCUT2D eigenvalue weighted by Gasteiger charge is 2.08. The van der Waals surface area contributed by atoms with Gasteiger partial charge in [0.1, 0.15) is 12.1 Å². The Hall–Kier alpha value is -3.23. The molecule has 2 amide bonds. The van der Waals surface area contributed by atoms with Crippen LogP contribution in [0.4, 0.5) is 10.5 Å². The first kappa shape index (κ1) is 16.6. The Kier molecular flexibility index (Phi) is 5.03. The first-order valence-corrected chi connectivity index (χ1v) is 7.93. The van der Waals surface area contributed by atoms with E-state index in [0.29, 0.717) is 12.2 Å². The van der Waals surface area contributed by atoms with Gasteiger partial charge in [-0.1, -0.05) is 5.16 Å². The number of nitrogens with zero attached hydrogens (tertiary/aromatic N) is 5. The summed E-state index contributed by atoms with van der Waals surface area (Å²) in [4.78, 5) is 11.9. The molecule has 130 valence electrons. The number of carbonyl (C=O) groups is 1. The van der Waals surface area contributed by atoms with Crippen molar-refractivity contribution >= 4 is 11.7 Å². The third kappa shape index (κ3) is 4.19. The zero-order chi connectivity index (χ0) is 17.6. The van der Waals surface area contributed by atoms with E-state index in [-0.39, 0.29) is 6.03 Å². The van der Waals surface area contributed by atoms with E-state index in [2.05, 4.69) is 31.3 Å². The lowest BCUT2D eigenvalue weighted by Gasteiger charge is -2.08. The van der Waals surface area contributed by atoms with E-state index in [0.717, 1.165) is 35.5 Å². The Morgan fingerprint density at radius 2 is 2.04 bits per heavy atom. The highest BCUT2D eigenvalue weighted by atomic mass is 16.5. The van der Waals surface area contributed by atoms with Gasteiger partial charge in [0.25, 0.3) is 0 Å². The average molecular weight is 341 g/mol. The van der Waals surface area contributed by atoms with Crippen LogP contribution in [0.15, 0.2) is 35.1 Å². The maximum atomic E-state index is 11.9. The fourth-order valence-corrected chi connectivity index (χ4v) is 2.48. The standard InChI is InChI=1S/C16H19N7O2/c1-11-15(12(2)25-20-11)4-3-9-17-16(24)19-13-5-7-14(8-6-13)23-10-18-21-22-23/h5-8,10H,3-4,9H2,1-2H3,(H2,17,19,24). The Morgan fingerprint density at radius 3 is 2.68 bits per heavy atom. The lowest BCUT2D eigenvalue weighted by molar-refractivity contribution is 0.252. The molecule has 2 aromatic heterocycles. The molecule has 2 N–H and O–H groups in total. The molecule has 0 aliphatic heterocycles. The molecule has 0 saturated heterocycles. The van der Waals surface area contributed by atoms with Gasteiger partial charge in [-0.2, -0.15) is 0 Å². The number of hydrogen-bond donors (Lipinski definition) is 2. The summed E-state index contributed by atoms with van der Waals surface area (Å²) in [5.41, 5.74) is 3.53. The number of nitrogens with one attached hydrogen (secondary N) is 2. The molecule has 0 radical (unpaired) electrons. The molecule has 0 aliphatic rings. The van der Waals surface area contributed by atoms with Gasteiger partial charge in [-0.15, -0.1) is 5.10 Å². The van der Waals surface area contributed by atoms with E-state index in [1.54, 1.807) is 16.8 Å². The van der Waals surface area contributed by atoms with Gasteiger partial charge in [-0.25, -0.2) is 9.48 Å². The smallest absolute Gasteiger partial charge is 0.319 e. The number of benzene rings is 1. The number of aromatic nitrogens is 5. The summed E-state index contributed by atoms with van der Waals surface area (Å²) in [5.74, 6) is 0.838. The normalized spacial score (nSPS) is 10.6. The van der Waals surface area contributed by atoms with Crippen LogP contribution in [0.1, 0.15) is 23.4 Å². The predicted octanol–water partition coefficient (Wildman–Crippen LogP) is 2.02. The Morgan fingerprint density at radius 1 is 1.24 bits per heavy atom. The van der Waals surface area contributed by atoms with Gasteiger partial charge < -0.3 is 15.2 Å². The van der Waals surface area contributed by atoms with Crippen molar-refractivity contribution in [2.75, 3.05) is 11.9 Å². The SMILES string of the molecule is Cc1noc(C)c1CCCNC(=O)Nc1ccc(-n2cnnn2)cc1. The third-order valence-corrected chi connectivity index (χ3v) is 3.81. The second-order valence-electron chi connectivity index (χ2n) is 5.59. The van der Waals surface area contributed by atoms with Gasteiger partial charge in [0.15, 0.2) is 0 Å². The summed E-state index contributed by atoms with van der Waals surface area (Å²) in [6.45, 7) is 4.39.